The number of hydrogen-bond acceptors (Lipinski definition) is 4. The Kier molecular flexibility index (Phi) is 13.1. The molecule has 0 fully saturated rings. The van der Waals surface area contributed by atoms with Gasteiger partial charge in [-0.15, -0.1) is 0 Å². The van der Waals surface area contributed by atoms with Crippen molar-refractivity contribution in [2.45, 2.75) is 78.2 Å². The van der Waals surface area contributed by atoms with Crippen LogP contribution in [0, 0.1) is 0 Å². The molecule has 0 spiro atoms. The summed E-state index contributed by atoms with van der Waals surface area (Å²) in [7, 11) is -4.28. The van der Waals surface area contributed by atoms with E-state index in [0.29, 0.717) is 0 Å². The second-order valence-electron chi connectivity index (χ2n) is 6.51. The van der Waals surface area contributed by atoms with Gasteiger partial charge in [-0.2, -0.15) is 0 Å². The summed E-state index contributed by atoms with van der Waals surface area (Å²) in [5, 5.41) is 0. The van der Waals surface area contributed by atoms with E-state index in [-0.39, 0.29) is 29.6 Å². The maximum absolute atomic E-state index is 10.9. The molecular formula is C19H31NaO4S. The van der Waals surface area contributed by atoms with Crippen molar-refractivity contribution in [2.75, 3.05) is 5.75 Å². The average Bonchev–Trinajstić information content (AvgIpc) is 2.48. The summed E-state index contributed by atoms with van der Waals surface area (Å²) in [6.07, 6.45) is 8.16. The first kappa shape index (κ1) is 24.9. The van der Waals surface area contributed by atoms with E-state index in [1.54, 1.807) is 6.92 Å². The van der Waals surface area contributed by atoms with Crippen LogP contribution in [0.15, 0.2) is 18.2 Å². The molecule has 0 radical (unpaired) electrons. The van der Waals surface area contributed by atoms with Gasteiger partial charge in [-0.1, -0.05) is 51.7 Å². The third-order valence-electron chi connectivity index (χ3n) is 4.02. The molecule has 0 heterocycles. The smallest absolute Gasteiger partial charge is 0.748 e. The van der Waals surface area contributed by atoms with Crippen LogP contribution in [0.25, 0.3) is 0 Å². The van der Waals surface area contributed by atoms with Gasteiger partial charge in [0, 0.05) is 0 Å². The predicted octanol–water partition coefficient (Wildman–Crippen LogP) is 1.47. The Morgan fingerprint density at radius 3 is 2.20 bits per heavy atom. The number of hydrogen-bond donors (Lipinski definition) is 0. The molecule has 1 atom stereocenters. The van der Waals surface area contributed by atoms with Gasteiger partial charge in [0.15, 0.2) is 0 Å². The Bertz CT molecular complexity index is 587. The fourth-order valence-corrected chi connectivity index (χ4v) is 3.40. The second kappa shape index (κ2) is 13.2. The molecule has 0 bridgehead atoms. The number of benzene rings is 1. The minimum atomic E-state index is -4.28. The summed E-state index contributed by atoms with van der Waals surface area (Å²) in [5.41, 5.74) is 2.30. The van der Waals surface area contributed by atoms with Gasteiger partial charge >= 0.3 is 29.6 Å². The van der Waals surface area contributed by atoms with Crippen LogP contribution in [0.3, 0.4) is 0 Å². The first-order valence-corrected chi connectivity index (χ1v) is 10.7. The Morgan fingerprint density at radius 2 is 1.64 bits per heavy atom. The van der Waals surface area contributed by atoms with E-state index in [1.807, 2.05) is 6.07 Å². The third-order valence-corrected chi connectivity index (χ3v) is 4.89. The maximum Gasteiger partial charge on any atom is 1.00 e. The fraction of sp³-hybridized carbons (Fsp3) is 0.684. The molecule has 1 aromatic carbocycles. The fourth-order valence-electron chi connectivity index (χ4n) is 2.75. The molecule has 25 heavy (non-hydrogen) atoms. The van der Waals surface area contributed by atoms with E-state index in [1.165, 1.54) is 18.4 Å². The minimum absolute atomic E-state index is 0. The molecule has 0 aliphatic heterocycles. The van der Waals surface area contributed by atoms with Crippen LogP contribution >= 0.6 is 0 Å². The van der Waals surface area contributed by atoms with Crippen molar-refractivity contribution >= 4 is 10.1 Å². The Balaban J connectivity index is 0.00000576. The molecule has 0 amide bonds. The van der Waals surface area contributed by atoms with Crippen molar-refractivity contribution in [1.29, 1.82) is 0 Å². The second-order valence-corrected chi connectivity index (χ2v) is 7.96. The summed E-state index contributed by atoms with van der Waals surface area (Å²) in [6, 6.07) is 6.24. The van der Waals surface area contributed by atoms with Crippen LogP contribution in [0.1, 0.15) is 70.4 Å². The molecule has 1 rings (SSSR count). The molecule has 0 aromatic heterocycles. The van der Waals surface area contributed by atoms with Gasteiger partial charge in [0.1, 0.15) is 11.9 Å². The molecule has 1 aromatic rings. The topological polar surface area (TPSA) is 66.4 Å². The monoisotopic (exact) mass is 378 g/mol. The zero-order chi connectivity index (χ0) is 18.0. The van der Waals surface area contributed by atoms with Crippen molar-refractivity contribution in [1.82, 2.24) is 0 Å². The van der Waals surface area contributed by atoms with E-state index < -0.39 is 22.0 Å². The summed E-state index contributed by atoms with van der Waals surface area (Å²) >= 11 is 0. The van der Waals surface area contributed by atoms with Crippen LogP contribution in [0.4, 0.5) is 0 Å². The average molecular weight is 379 g/mol. The number of rotatable bonds is 12. The maximum atomic E-state index is 10.9. The van der Waals surface area contributed by atoms with E-state index in [9.17, 15) is 13.0 Å². The normalized spacial score (nSPS) is 12.5. The predicted molar refractivity (Wildman–Crippen MR) is 97.6 cm³/mol. The number of ether oxygens (including phenoxy) is 1. The minimum Gasteiger partial charge on any atom is -0.748 e. The van der Waals surface area contributed by atoms with Crippen LogP contribution in [0.5, 0.6) is 5.75 Å². The van der Waals surface area contributed by atoms with Gasteiger partial charge in [-0.25, -0.2) is 8.42 Å². The van der Waals surface area contributed by atoms with Crippen molar-refractivity contribution in [2.24, 2.45) is 0 Å². The van der Waals surface area contributed by atoms with Crippen molar-refractivity contribution in [3.05, 3.63) is 29.3 Å². The molecule has 138 valence electrons. The third kappa shape index (κ3) is 11.3. The first-order chi connectivity index (χ1) is 11.4. The van der Waals surface area contributed by atoms with E-state index in [4.69, 9.17) is 4.74 Å². The first-order valence-electron chi connectivity index (χ1n) is 9.07. The van der Waals surface area contributed by atoms with Crippen molar-refractivity contribution in [3.8, 4) is 5.75 Å². The number of unbranched alkanes of at least 4 members (excludes halogenated alkanes) is 4. The van der Waals surface area contributed by atoms with Gasteiger partial charge in [0.2, 0.25) is 0 Å². The summed E-state index contributed by atoms with van der Waals surface area (Å²) in [4.78, 5) is 0. The molecule has 0 saturated heterocycles. The quantitative estimate of drug-likeness (QED) is 0.314. The van der Waals surface area contributed by atoms with Crippen LogP contribution in [-0.4, -0.2) is 24.8 Å². The van der Waals surface area contributed by atoms with Crippen LogP contribution in [-0.2, 0) is 23.0 Å². The van der Waals surface area contributed by atoms with E-state index in [2.05, 4.69) is 26.0 Å². The number of aryl methyl sites for hydroxylation is 2. The van der Waals surface area contributed by atoms with E-state index >= 15 is 0 Å². The molecule has 1 unspecified atom stereocenters. The Morgan fingerprint density at radius 1 is 1.04 bits per heavy atom. The summed E-state index contributed by atoms with van der Waals surface area (Å²) in [5.74, 6) is 0.234. The molecule has 0 aliphatic rings. The van der Waals surface area contributed by atoms with Gasteiger partial charge < -0.3 is 9.29 Å². The van der Waals surface area contributed by atoms with Crippen LogP contribution < -0.4 is 34.3 Å². The summed E-state index contributed by atoms with van der Waals surface area (Å²) < 4.78 is 38.6. The zero-order valence-electron chi connectivity index (χ0n) is 16.2. The van der Waals surface area contributed by atoms with Gasteiger partial charge in [-0.3, -0.25) is 0 Å². The Hall–Kier alpha value is -0.0700. The van der Waals surface area contributed by atoms with Gasteiger partial charge in [-0.05, 0) is 49.8 Å². The Labute approximate surface area is 175 Å². The SMILES string of the molecule is CCCCCc1ccc(CCCCC)c(OC(C)CS(=O)(=O)[O-])c1.[Na+]. The molecule has 0 saturated carbocycles. The zero-order valence-corrected chi connectivity index (χ0v) is 19.0. The molecule has 0 aliphatic carbocycles. The molecule has 6 heteroatoms. The van der Waals surface area contributed by atoms with E-state index in [0.717, 1.165) is 49.8 Å². The molecule has 0 N–H and O–H groups in total. The van der Waals surface area contributed by atoms with Gasteiger partial charge in [0.05, 0.1) is 15.9 Å². The van der Waals surface area contributed by atoms with Crippen LogP contribution in [0.2, 0.25) is 0 Å². The summed E-state index contributed by atoms with van der Waals surface area (Å²) in [6.45, 7) is 5.97. The molecule has 4 nitrogen and oxygen atoms in total. The van der Waals surface area contributed by atoms with Crippen molar-refractivity contribution in [3.63, 3.8) is 0 Å². The largest absolute Gasteiger partial charge is 1.00 e. The van der Waals surface area contributed by atoms with Crippen molar-refractivity contribution < 1.29 is 47.3 Å². The standard InChI is InChI=1S/C19H32O4S.Na/c1-4-6-8-10-17-12-13-18(11-9-7-5-2)19(14-17)23-16(3)15-24(20,21)22;/h12-14,16H,4-11,15H2,1-3H3,(H,20,21,22);/q;+1/p-1. The van der Waals surface area contributed by atoms with Gasteiger partial charge in [0.25, 0.3) is 0 Å². The molecular weight excluding hydrogens is 347 g/mol.